The molecule has 0 nitrogen and oxygen atoms in total. The van der Waals surface area contributed by atoms with Gasteiger partial charge in [-0.25, -0.2) is 0 Å². The van der Waals surface area contributed by atoms with Crippen molar-refractivity contribution in [1.82, 2.24) is 0 Å². The van der Waals surface area contributed by atoms with Gasteiger partial charge < -0.3 is 0 Å². The largest absolute Gasteiger partial charge is 0.0918 e. The van der Waals surface area contributed by atoms with Crippen LogP contribution in [-0.2, 0) is 6.42 Å². The monoisotopic (exact) mass is 346 g/mol. The molecule has 0 saturated carbocycles. The Hall–Kier alpha value is -2.12. The molecule has 2 rings (SSSR count). The quantitative estimate of drug-likeness (QED) is 0.371. The fourth-order valence-electron chi connectivity index (χ4n) is 2.81. The molecule has 0 aliphatic heterocycles. The van der Waals surface area contributed by atoms with Crippen LogP contribution >= 0.6 is 0 Å². The van der Waals surface area contributed by atoms with Crippen molar-refractivity contribution >= 4 is 14.1 Å². The third-order valence-electron chi connectivity index (χ3n) is 3.91. The Balaban J connectivity index is 2.12. The number of hydrogen-bond acceptors (Lipinski definition) is 0. The van der Waals surface area contributed by atoms with Crippen molar-refractivity contribution in [3.63, 3.8) is 0 Å². The Morgan fingerprint density at radius 2 is 1.48 bits per heavy atom. The first-order valence-electron chi connectivity index (χ1n) is 9.09. The van der Waals surface area contributed by atoms with E-state index in [2.05, 4.69) is 111 Å². The van der Waals surface area contributed by atoms with Crippen LogP contribution in [0.5, 0.6) is 0 Å². The second-order valence-electron chi connectivity index (χ2n) is 7.70. The fourth-order valence-corrected chi connectivity index (χ4v) is 4.15. The van der Waals surface area contributed by atoms with E-state index in [4.69, 9.17) is 0 Å². The van der Waals surface area contributed by atoms with Crippen molar-refractivity contribution in [3.8, 4) is 0 Å². The molecule has 0 fully saturated rings. The van der Waals surface area contributed by atoms with Gasteiger partial charge in [-0.2, -0.15) is 0 Å². The van der Waals surface area contributed by atoms with Crippen LogP contribution in [-0.4, -0.2) is 8.07 Å². The molecular weight excluding hydrogens is 316 g/mol. The average molecular weight is 347 g/mol. The van der Waals surface area contributed by atoms with Crippen LogP contribution < -0.4 is 0 Å². The summed E-state index contributed by atoms with van der Waals surface area (Å²) in [6, 6.07) is 21.3. The van der Waals surface area contributed by atoms with Gasteiger partial charge in [-0.05, 0) is 30.9 Å². The summed E-state index contributed by atoms with van der Waals surface area (Å²) >= 11 is 0. The SMILES string of the molecule is CC(/C=C/c1ccccc1)=C\C(=C\[Si](C)(C)C)CCc1ccccc1. The first-order valence-corrected chi connectivity index (χ1v) is 12.7. The third-order valence-corrected chi connectivity index (χ3v) is 5.15. The minimum Gasteiger partial charge on any atom is -0.0918 e. The molecule has 0 N–H and O–H groups in total. The maximum atomic E-state index is 2.54. The number of allylic oxidation sites excluding steroid dienone is 4. The van der Waals surface area contributed by atoms with Gasteiger partial charge in [0.1, 0.15) is 0 Å². The minimum atomic E-state index is -1.24. The van der Waals surface area contributed by atoms with E-state index in [0.717, 1.165) is 12.8 Å². The fraction of sp³-hybridized carbons (Fsp3) is 0.250. The highest BCUT2D eigenvalue weighted by Crippen LogP contribution is 2.17. The van der Waals surface area contributed by atoms with Gasteiger partial charge in [-0.15, -0.1) is 0 Å². The van der Waals surface area contributed by atoms with Crippen LogP contribution in [0.25, 0.3) is 6.08 Å². The summed E-state index contributed by atoms with van der Waals surface area (Å²) in [6.07, 6.45) is 8.97. The molecule has 0 heterocycles. The summed E-state index contributed by atoms with van der Waals surface area (Å²) in [4.78, 5) is 0. The van der Waals surface area contributed by atoms with Gasteiger partial charge in [0, 0.05) is 0 Å². The van der Waals surface area contributed by atoms with Crippen LogP contribution in [0.15, 0.2) is 89.7 Å². The topological polar surface area (TPSA) is 0 Å². The highest BCUT2D eigenvalue weighted by Gasteiger charge is 2.10. The molecule has 0 saturated heterocycles. The predicted octanol–water partition coefficient (Wildman–Crippen LogP) is 7.08. The molecule has 0 aliphatic carbocycles. The molecule has 0 spiro atoms. The second kappa shape index (κ2) is 9.38. The minimum absolute atomic E-state index is 1.10. The Morgan fingerprint density at radius 1 is 0.880 bits per heavy atom. The van der Waals surface area contributed by atoms with E-state index in [-0.39, 0.29) is 0 Å². The van der Waals surface area contributed by atoms with Crippen molar-refractivity contribution in [3.05, 3.63) is 101 Å². The standard InChI is InChI=1S/C24H30Si/c1-21(15-16-22-11-7-5-8-12-22)19-24(20-25(2,3)4)18-17-23-13-9-6-10-14-23/h5-16,19-20H,17-18H2,1-4H3/b16-15+,21-19+,24-20+. The van der Waals surface area contributed by atoms with Crippen LogP contribution in [0.4, 0.5) is 0 Å². The molecule has 130 valence electrons. The van der Waals surface area contributed by atoms with Crippen LogP contribution in [0.3, 0.4) is 0 Å². The maximum Gasteiger partial charge on any atom is 0.0690 e. The lowest BCUT2D eigenvalue weighted by atomic mass is 10.0. The van der Waals surface area contributed by atoms with Crippen molar-refractivity contribution in [2.45, 2.75) is 39.4 Å². The summed E-state index contributed by atoms with van der Waals surface area (Å²) in [5.41, 5.74) is 7.97. The van der Waals surface area contributed by atoms with Gasteiger partial charge in [0.2, 0.25) is 0 Å². The number of benzene rings is 2. The smallest absolute Gasteiger partial charge is 0.0690 e. The Labute approximate surface area is 154 Å². The van der Waals surface area contributed by atoms with E-state index in [9.17, 15) is 0 Å². The maximum absolute atomic E-state index is 2.54. The van der Waals surface area contributed by atoms with Crippen molar-refractivity contribution in [1.29, 1.82) is 0 Å². The van der Waals surface area contributed by atoms with Gasteiger partial charge in [0.15, 0.2) is 0 Å². The van der Waals surface area contributed by atoms with Gasteiger partial charge in [-0.3, -0.25) is 0 Å². The lowest BCUT2D eigenvalue weighted by molar-refractivity contribution is 0.964. The third kappa shape index (κ3) is 8.00. The van der Waals surface area contributed by atoms with Gasteiger partial charge in [-0.1, -0.05) is 115 Å². The first-order chi connectivity index (χ1) is 11.9. The predicted molar refractivity (Wildman–Crippen MR) is 115 cm³/mol. The average Bonchev–Trinajstić information content (AvgIpc) is 2.58. The van der Waals surface area contributed by atoms with Crippen LogP contribution in [0.1, 0.15) is 24.5 Å². The van der Waals surface area contributed by atoms with E-state index in [0.29, 0.717) is 0 Å². The zero-order valence-electron chi connectivity index (χ0n) is 16.0. The lowest BCUT2D eigenvalue weighted by Crippen LogP contribution is -2.16. The molecule has 0 unspecified atom stereocenters. The molecule has 0 radical (unpaired) electrons. The van der Waals surface area contributed by atoms with Gasteiger partial charge >= 0.3 is 0 Å². The molecule has 0 atom stereocenters. The van der Waals surface area contributed by atoms with Crippen LogP contribution in [0.2, 0.25) is 19.6 Å². The molecule has 0 amide bonds. The number of aryl methyl sites for hydroxylation is 1. The molecule has 0 aromatic heterocycles. The van der Waals surface area contributed by atoms with Gasteiger partial charge in [0.05, 0.1) is 8.07 Å². The molecule has 1 heteroatoms. The van der Waals surface area contributed by atoms with E-state index in [1.165, 1.54) is 22.3 Å². The number of hydrogen-bond donors (Lipinski definition) is 0. The Kier molecular flexibility index (Phi) is 7.21. The van der Waals surface area contributed by atoms with Crippen molar-refractivity contribution in [2.75, 3.05) is 0 Å². The summed E-state index contributed by atoms with van der Waals surface area (Å²) in [5, 5.41) is 0. The Morgan fingerprint density at radius 3 is 2.08 bits per heavy atom. The van der Waals surface area contributed by atoms with Gasteiger partial charge in [0.25, 0.3) is 0 Å². The van der Waals surface area contributed by atoms with Crippen LogP contribution in [0, 0.1) is 0 Å². The molecule has 2 aromatic rings. The van der Waals surface area contributed by atoms with Crippen molar-refractivity contribution in [2.24, 2.45) is 0 Å². The summed E-state index contributed by atoms with van der Waals surface area (Å²) in [7, 11) is -1.24. The molecule has 25 heavy (non-hydrogen) atoms. The van der Waals surface area contributed by atoms with E-state index >= 15 is 0 Å². The van der Waals surface area contributed by atoms with E-state index in [1.807, 2.05) is 0 Å². The van der Waals surface area contributed by atoms with Crippen molar-refractivity contribution < 1.29 is 0 Å². The lowest BCUT2D eigenvalue weighted by Gasteiger charge is -2.13. The Bertz CT molecular complexity index is 729. The zero-order valence-corrected chi connectivity index (χ0v) is 17.0. The molecule has 0 bridgehead atoms. The first kappa shape index (κ1) is 19.2. The second-order valence-corrected chi connectivity index (χ2v) is 12.7. The highest BCUT2D eigenvalue weighted by molar-refractivity contribution is 6.81. The molecule has 2 aromatic carbocycles. The summed E-state index contributed by atoms with van der Waals surface area (Å²) in [5.74, 6) is 0. The molecular formula is C24H30Si. The highest BCUT2D eigenvalue weighted by atomic mass is 28.3. The number of rotatable bonds is 7. The van der Waals surface area contributed by atoms with E-state index < -0.39 is 8.07 Å². The summed E-state index contributed by atoms with van der Waals surface area (Å²) < 4.78 is 0. The zero-order chi connectivity index (χ0) is 18.1. The normalized spacial score (nSPS) is 13.4. The summed E-state index contributed by atoms with van der Waals surface area (Å²) in [6.45, 7) is 9.40. The molecule has 0 aliphatic rings. The van der Waals surface area contributed by atoms with E-state index in [1.54, 1.807) is 0 Å².